The van der Waals surface area contributed by atoms with Crippen LogP contribution in [-0.2, 0) is 32.7 Å². The smallest absolute Gasteiger partial charge is 0.306 e. The average molecular weight is 1270 g/mol. The van der Waals surface area contributed by atoms with E-state index in [2.05, 4.69) is 184 Å². The molecule has 0 N–H and O–H groups in total. The highest BCUT2D eigenvalue weighted by molar-refractivity contribution is 7.45. The van der Waals surface area contributed by atoms with E-state index in [1.807, 2.05) is 21.1 Å². The fourth-order valence-electron chi connectivity index (χ4n) is 9.32. The van der Waals surface area contributed by atoms with Crippen molar-refractivity contribution in [2.24, 2.45) is 0 Å². The summed E-state index contributed by atoms with van der Waals surface area (Å²) in [6.07, 6.45) is 104. The van der Waals surface area contributed by atoms with Crippen LogP contribution in [0, 0.1) is 0 Å². The predicted octanol–water partition coefficient (Wildman–Crippen LogP) is 23.1. The number of unbranched alkanes of at least 4 members (excludes halogenated alkanes) is 22. The molecule has 0 rings (SSSR count). The summed E-state index contributed by atoms with van der Waals surface area (Å²) < 4.78 is 34.2. The van der Waals surface area contributed by atoms with Gasteiger partial charge in [0.05, 0.1) is 27.7 Å². The normalized spacial score (nSPS) is 14.2. The third-order valence-corrected chi connectivity index (χ3v) is 15.7. The van der Waals surface area contributed by atoms with Crippen LogP contribution in [0.15, 0.2) is 170 Å². The average Bonchev–Trinajstić information content (AvgIpc) is 3.61. The van der Waals surface area contributed by atoms with Crippen molar-refractivity contribution in [2.45, 2.75) is 277 Å². The van der Waals surface area contributed by atoms with Gasteiger partial charge in [-0.2, -0.15) is 0 Å². The number of rotatable bonds is 64. The van der Waals surface area contributed by atoms with Crippen LogP contribution in [0.1, 0.15) is 271 Å². The molecular formula is C80H132NO8P. The van der Waals surface area contributed by atoms with Crippen molar-refractivity contribution in [1.29, 1.82) is 0 Å². The first-order valence-corrected chi connectivity index (χ1v) is 37.3. The van der Waals surface area contributed by atoms with Crippen LogP contribution in [0.5, 0.6) is 0 Å². The molecule has 2 atom stereocenters. The van der Waals surface area contributed by atoms with Crippen LogP contribution in [-0.4, -0.2) is 70.0 Å². The van der Waals surface area contributed by atoms with Crippen LogP contribution in [0.4, 0.5) is 0 Å². The number of carbonyl (C=O) groups excluding carboxylic acids is 2. The van der Waals surface area contributed by atoms with E-state index in [0.717, 1.165) is 122 Å². The Hall–Kier alpha value is -4.63. The third kappa shape index (κ3) is 72.4. The minimum atomic E-state index is -4.67. The van der Waals surface area contributed by atoms with Crippen LogP contribution in [0.2, 0.25) is 0 Å². The van der Waals surface area contributed by atoms with Crippen LogP contribution in [0.3, 0.4) is 0 Å². The van der Waals surface area contributed by atoms with E-state index in [9.17, 15) is 19.0 Å². The van der Waals surface area contributed by atoms with Gasteiger partial charge in [0.15, 0.2) is 6.10 Å². The van der Waals surface area contributed by atoms with Crippen molar-refractivity contribution in [1.82, 2.24) is 0 Å². The number of nitrogens with zero attached hydrogens (tertiary/aromatic N) is 1. The number of carbonyl (C=O) groups is 2. The number of quaternary nitrogens is 1. The second-order valence-corrected chi connectivity index (χ2v) is 25.9. The van der Waals surface area contributed by atoms with E-state index >= 15 is 0 Å². The van der Waals surface area contributed by atoms with Crippen molar-refractivity contribution < 1.29 is 42.1 Å². The van der Waals surface area contributed by atoms with Crippen LogP contribution >= 0.6 is 7.82 Å². The van der Waals surface area contributed by atoms with Gasteiger partial charge in [-0.25, -0.2) is 0 Å². The molecule has 0 fully saturated rings. The van der Waals surface area contributed by atoms with Gasteiger partial charge in [-0.3, -0.25) is 14.2 Å². The van der Waals surface area contributed by atoms with Crippen molar-refractivity contribution >= 4 is 19.8 Å². The monoisotopic (exact) mass is 1270 g/mol. The molecule has 0 aliphatic rings. The maximum Gasteiger partial charge on any atom is 0.306 e. The summed E-state index contributed by atoms with van der Waals surface area (Å²) >= 11 is 0. The molecule has 10 heteroatoms. The molecule has 2 unspecified atom stereocenters. The maximum atomic E-state index is 12.8. The molecule has 0 radical (unpaired) electrons. The highest BCUT2D eigenvalue weighted by Gasteiger charge is 2.22. The Bertz CT molecular complexity index is 2130. The Kier molecular flexibility index (Phi) is 65.2. The molecule has 0 aliphatic heterocycles. The number of hydrogen-bond donors (Lipinski definition) is 0. The standard InChI is InChI=1S/C80H132NO8P/c1-6-8-10-12-14-16-18-20-22-24-26-28-30-32-34-35-36-37-38-39-40-41-42-43-44-45-47-48-50-52-54-56-58-60-62-64-66-68-70-72-79(82)86-76-78(77-88-90(84,85)87-75-74-81(3,4)5)89-80(83)73-71-69-67-65-63-61-59-57-55-53-51-49-46-33-31-29-27-25-23-21-19-17-15-13-11-9-7-2/h8-11,14-17,20-23,26-29,32-34,36-37,46,51,53,57,59,63,65,78H,6-7,12-13,18-19,24-25,30-31,35,38-45,47-50,52,54-56,58,60-62,64,66-77H2,1-5H3/b10-8-,11-9-,16-14-,17-15-,22-20-,23-21-,28-26-,29-27-,34-32-,37-36-,46-33-,53-51-,59-57-,65-63-. The zero-order valence-corrected chi connectivity index (χ0v) is 58.9. The molecule has 90 heavy (non-hydrogen) atoms. The molecule has 0 saturated carbocycles. The first-order chi connectivity index (χ1) is 44.0. The molecule has 0 bridgehead atoms. The fraction of sp³-hybridized carbons (Fsp3) is 0.625. The van der Waals surface area contributed by atoms with E-state index in [0.29, 0.717) is 17.4 Å². The number of likely N-dealkylation sites (N-methyl/N-ethyl adjacent to an activating group) is 1. The van der Waals surface area contributed by atoms with E-state index in [4.69, 9.17) is 18.5 Å². The summed E-state index contributed by atoms with van der Waals surface area (Å²) in [6.45, 7) is 3.96. The summed E-state index contributed by atoms with van der Waals surface area (Å²) in [4.78, 5) is 38.1. The Morgan fingerprint density at radius 1 is 0.344 bits per heavy atom. The molecule has 0 aromatic heterocycles. The van der Waals surface area contributed by atoms with Crippen molar-refractivity contribution in [3.63, 3.8) is 0 Å². The predicted molar refractivity (Wildman–Crippen MR) is 387 cm³/mol. The first kappa shape index (κ1) is 85.4. The Morgan fingerprint density at radius 3 is 0.911 bits per heavy atom. The van der Waals surface area contributed by atoms with E-state index in [1.165, 1.54) is 116 Å². The molecule has 0 aromatic rings. The minimum absolute atomic E-state index is 0.0470. The van der Waals surface area contributed by atoms with Gasteiger partial charge in [0.25, 0.3) is 7.82 Å². The summed E-state index contributed by atoms with van der Waals surface area (Å²) in [5.74, 6) is -0.889. The Morgan fingerprint density at radius 2 is 0.600 bits per heavy atom. The van der Waals surface area contributed by atoms with Gasteiger partial charge in [0.2, 0.25) is 0 Å². The Labute approximate surface area is 553 Å². The van der Waals surface area contributed by atoms with Gasteiger partial charge in [-0.05, 0) is 128 Å². The molecule has 510 valence electrons. The molecule has 9 nitrogen and oxygen atoms in total. The number of phosphoric ester groups is 1. The fourth-order valence-corrected chi connectivity index (χ4v) is 10.1. The summed E-state index contributed by atoms with van der Waals surface area (Å²) in [6, 6.07) is 0. The van der Waals surface area contributed by atoms with Gasteiger partial charge < -0.3 is 27.9 Å². The number of phosphoric acid groups is 1. The van der Waals surface area contributed by atoms with Crippen molar-refractivity contribution in [2.75, 3.05) is 47.5 Å². The lowest BCUT2D eigenvalue weighted by atomic mass is 10.0. The zero-order chi connectivity index (χ0) is 65.5. The van der Waals surface area contributed by atoms with Crippen molar-refractivity contribution in [3.8, 4) is 0 Å². The lowest BCUT2D eigenvalue weighted by Gasteiger charge is -2.28. The second kappa shape index (κ2) is 68.7. The van der Waals surface area contributed by atoms with Crippen LogP contribution < -0.4 is 4.89 Å². The van der Waals surface area contributed by atoms with Gasteiger partial charge >= 0.3 is 11.9 Å². The lowest BCUT2D eigenvalue weighted by Crippen LogP contribution is -2.37. The second-order valence-electron chi connectivity index (χ2n) is 24.5. The van der Waals surface area contributed by atoms with Gasteiger partial charge in [0, 0.05) is 12.8 Å². The molecular weight excluding hydrogens is 1130 g/mol. The minimum Gasteiger partial charge on any atom is -0.756 e. The van der Waals surface area contributed by atoms with E-state index < -0.39 is 32.5 Å². The molecule has 0 aliphatic carbocycles. The largest absolute Gasteiger partial charge is 0.756 e. The summed E-state index contributed by atoms with van der Waals surface area (Å²) in [5.41, 5.74) is 0. The van der Waals surface area contributed by atoms with E-state index in [-0.39, 0.29) is 26.1 Å². The number of hydrogen-bond acceptors (Lipinski definition) is 8. The highest BCUT2D eigenvalue weighted by atomic mass is 31.2. The highest BCUT2D eigenvalue weighted by Crippen LogP contribution is 2.38. The molecule has 0 spiro atoms. The number of ether oxygens (including phenoxy) is 2. The number of allylic oxidation sites excluding steroid dienone is 28. The molecule has 0 amide bonds. The zero-order valence-electron chi connectivity index (χ0n) is 58.0. The summed E-state index contributed by atoms with van der Waals surface area (Å²) in [7, 11) is 1.12. The van der Waals surface area contributed by atoms with Crippen LogP contribution in [0.25, 0.3) is 0 Å². The molecule has 0 heterocycles. The SMILES string of the molecule is CC/C=C\C/C=C\C/C=C\C/C=C\C/C=C\C/C=C\C/C=C\C/C=C\CCCCC(=O)OC(COC(=O)CCCCCCCCCCCCCCCCCCCCCC/C=C\C/C=C\C/C=C\C/C=C\C/C=C\C/C=C\CC)COP(=O)([O-])OCC[N+](C)(C)C. The molecule has 0 saturated heterocycles. The van der Waals surface area contributed by atoms with Gasteiger partial charge in [0.1, 0.15) is 19.8 Å². The topological polar surface area (TPSA) is 111 Å². The lowest BCUT2D eigenvalue weighted by molar-refractivity contribution is -0.870. The molecule has 0 aromatic carbocycles. The number of esters is 2. The quantitative estimate of drug-likeness (QED) is 0.0195. The maximum absolute atomic E-state index is 12.8. The first-order valence-electron chi connectivity index (χ1n) is 35.8. The Balaban J connectivity index is 4.08. The summed E-state index contributed by atoms with van der Waals surface area (Å²) in [5, 5.41) is 0. The van der Waals surface area contributed by atoms with Crippen molar-refractivity contribution in [3.05, 3.63) is 170 Å². The third-order valence-electron chi connectivity index (χ3n) is 14.7. The van der Waals surface area contributed by atoms with Gasteiger partial charge in [-0.1, -0.05) is 300 Å². The van der Waals surface area contributed by atoms with Gasteiger partial charge in [-0.15, -0.1) is 0 Å². The van der Waals surface area contributed by atoms with E-state index in [1.54, 1.807) is 0 Å².